The van der Waals surface area contributed by atoms with Gasteiger partial charge in [-0.1, -0.05) is 11.8 Å². The van der Waals surface area contributed by atoms with Gasteiger partial charge in [0.25, 0.3) is 0 Å². The van der Waals surface area contributed by atoms with Crippen LogP contribution in [0.3, 0.4) is 0 Å². The Morgan fingerprint density at radius 1 is 1.32 bits per heavy atom. The van der Waals surface area contributed by atoms with Gasteiger partial charge in [-0.15, -0.1) is 5.10 Å². The first-order valence-electron chi connectivity index (χ1n) is 6.27. The minimum Gasteiger partial charge on any atom is -0.293 e. The smallest absolute Gasteiger partial charge is 0.229 e. The van der Waals surface area contributed by atoms with Crippen LogP contribution in [0.15, 0.2) is 29.4 Å². The Labute approximate surface area is 132 Å². The molecular weight excluding hydrogens is 326 g/mol. The lowest BCUT2D eigenvalue weighted by molar-refractivity contribution is 0.0994. The average Bonchev–Trinajstić information content (AvgIpc) is 2.82. The number of thioether (sulfide) groups is 1. The van der Waals surface area contributed by atoms with Gasteiger partial charge in [0.1, 0.15) is 0 Å². The van der Waals surface area contributed by atoms with E-state index in [2.05, 4.69) is 20.2 Å². The molecule has 0 spiro atoms. The molecular formula is C12H15N5O3S2. The number of carbonyl (C=O) groups excluding carboxylic acids is 1. The Hall–Kier alpha value is -1.94. The van der Waals surface area contributed by atoms with Crippen molar-refractivity contribution in [3.63, 3.8) is 0 Å². The van der Waals surface area contributed by atoms with Gasteiger partial charge >= 0.3 is 0 Å². The molecule has 1 heterocycles. The van der Waals surface area contributed by atoms with Gasteiger partial charge < -0.3 is 0 Å². The number of nitrogens with one attached hydrogen (secondary N) is 1. The quantitative estimate of drug-likeness (QED) is 0.615. The number of nitrogens with zero attached hydrogens (tertiary/aromatic N) is 4. The Morgan fingerprint density at radius 3 is 2.45 bits per heavy atom. The second-order valence-electron chi connectivity index (χ2n) is 4.66. The predicted molar refractivity (Wildman–Crippen MR) is 83.4 cm³/mol. The zero-order valence-electron chi connectivity index (χ0n) is 12.2. The Bertz CT molecular complexity index is 770. The van der Waals surface area contributed by atoms with Crippen LogP contribution >= 0.6 is 11.8 Å². The number of tetrazole rings is 1. The number of anilines is 1. The van der Waals surface area contributed by atoms with Crippen LogP contribution in [0.5, 0.6) is 0 Å². The molecule has 1 N–H and O–H groups in total. The number of rotatable bonds is 6. The van der Waals surface area contributed by atoms with Crippen LogP contribution in [0.4, 0.5) is 5.69 Å². The number of benzene rings is 1. The van der Waals surface area contributed by atoms with E-state index in [0.717, 1.165) is 6.26 Å². The number of ketones is 1. The van der Waals surface area contributed by atoms with Gasteiger partial charge in [0.2, 0.25) is 15.2 Å². The summed E-state index contributed by atoms with van der Waals surface area (Å²) in [4.78, 5) is 12.3. The Kier molecular flexibility index (Phi) is 4.81. The highest BCUT2D eigenvalue weighted by Crippen LogP contribution is 2.23. The minimum atomic E-state index is -3.33. The molecule has 0 bridgehead atoms. The molecule has 1 atom stereocenters. The zero-order chi connectivity index (χ0) is 16.3. The fourth-order valence-corrected chi connectivity index (χ4v) is 3.08. The minimum absolute atomic E-state index is 0.0843. The Balaban J connectivity index is 2.07. The van der Waals surface area contributed by atoms with Crippen molar-refractivity contribution in [1.29, 1.82) is 0 Å². The summed E-state index contributed by atoms with van der Waals surface area (Å²) in [5.74, 6) is -0.0843. The van der Waals surface area contributed by atoms with Gasteiger partial charge in [0, 0.05) is 18.3 Å². The van der Waals surface area contributed by atoms with Gasteiger partial charge in [-0.2, -0.15) is 0 Å². The summed E-state index contributed by atoms with van der Waals surface area (Å²) in [6, 6.07) is 6.27. The van der Waals surface area contributed by atoms with Gasteiger partial charge in [-0.05, 0) is 41.6 Å². The van der Waals surface area contributed by atoms with Gasteiger partial charge in [-0.25, -0.2) is 13.1 Å². The number of aryl methyl sites for hydroxylation is 1. The summed E-state index contributed by atoms with van der Waals surface area (Å²) in [5, 5.41) is 11.2. The van der Waals surface area contributed by atoms with Crippen LogP contribution in [-0.2, 0) is 17.1 Å². The number of aromatic nitrogens is 4. The van der Waals surface area contributed by atoms with Crippen LogP contribution in [0, 0.1) is 0 Å². The highest BCUT2D eigenvalue weighted by atomic mass is 32.2. The maximum atomic E-state index is 12.3. The largest absolute Gasteiger partial charge is 0.293 e. The first kappa shape index (κ1) is 16.4. The maximum absolute atomic E-state index is 12.3. The van der Waals surface area contributed by atoms with E-state index in [0.29, 0.717) is 16.4 Å². The Morgan fingerprint density at radius 2 is 1.95 bits per heavy atom. The second kappa shape index (κ2) is 6.44. The lowest BCUT2D eigenvalue weighted by Gasteiger charge is -2.10. The summed E-state index contributed by atoms with van der Waals surface area (Å²) in [6.45, 7) is 1.77. The van der Waals surface area contributed by atoms with E-state index in [4.69, 9.17) is 0 Å². The molecule has 118 valence electrons. The average molecular weight is 341 g/mol. The zero-order valence-corrected chi connectivity index (χ0v) is 13.8. The van der Waals surface area contributed by atoms with E-state index < -0.39 is 10.0 Å². The van der Waals surface area contributed by atoms with Crippen LogP contribution in [-0.4, -0.2) is 45.9 Å². The normalized spacial score (nSPS) is 12.9. The summed E-state index contributed by atoms with van der Waals surface area (Å²) in [5.41, 5.74) is 0.908. The van der Waals surface area contributed by atoms with Crippen molar-refractivity contribution in [3.8, 4) is 0 Å². The fraction of sp³-hybridized carbons (Fsp3) is 0.333. The van der Waals surface area contributed by atoms with Crippen LogP contribution in [0.1, 0.15) is 17.3 Å². The lowest BCUT2D eigenvalue weighted by Crippen LogP contribution is -2.15. The first-order chi connectivity index (χ1) is 10.3. The number of carbonyl (C=O) groups is 1. The van der Waals surface area contributed by atoms with Crippen molar-refractivity contribution < 1.29 is 13.2 Å². The molecule has 0 saturated heterocycles. The molecule has 1 aromatic heterocycles. The summed E-state index contributed by atoms with van der Waals surface area (Å²) in [6.07, 6.45) is 1.07. The molecule has 0 aliphatic carbocycles. The molecule has 0 aliphatic heterocycles. The summed E-state index contributed by atoms with van der Waals surface area (Å²) in [7, 11) is -1.63. The number of Topliss-reactive ketones (excluding diaryl/α,β-unsaturated/α-hetero) is 1. The maximum Gasteiger partial charge on any atom is 0.229 e. The molecule has 1 aromatic carbocycles. The van der Waals surface area contributed by atoms with Crippen molar-refractivity contribution in [3.05, 3.63) is 29.8 Å². The lowest BCUT2D eigenvalue weighted by atomic mass is 10.1. The van der Waals surface area contributed by atoms with Gasteiger partial charge in [-0.3, -0.25) is 9.52 Å². The van der Waals surface area contributed by atoms with Crippen LogP contribution in [0.25, 0.3) is 0 Å². The van der Waals surface area contributed by atoms with E-state index in [-0.39, 0.29) is 11.0 Å². The standard InChI is InChI=1S/C12H15N5O3S2/c1-8(21-12-13-15-16-17(12)2)11(18)9-4-6-10(7-5-9)14-22(3,19)20/h4-8,14H,1-3H3. The van der Waals surface area contributed by atoms with Crippen molar-refractivity contribution in [1.82, 2.24) is 20.2 Å². The third-order valence-corrected chi connectivity index (χ3v) is 4.44. The first-order valence-corrected chi connectivity index (χ1v) is 9.04. The number of hydrogen-bond donors (Lipinski definition) is 1. The topological polar surface area (TPSA) is 107 Å². The van der Waals surface area contributed by atoms with Crippen molar-refractivity contribution >= 4 is 33.3 Å². The van der Waals surface area contributed by atoms with Crippen LogP contribution < -0.4 is 4.72 Å². The van der Waals surface area contributed by atoms with E-state index in [9.17, 15) is 13.2 Å². The molecule has 22 heavy (non-hydrogen) atoms. The van der Waals surface area contributed by atoms with E-state index in [1.165, 1.54) is 16.4 Å². The monoisotopic (exact) mass is 341 g/mol. The fourth-order valence-electron chi connectivity index (χ4n) is 1.68. The van der Waals surface area contributed by atoms with Crippen molar-refractivity contribution in [2.75, 3.05) is 11.0 Å². The predicted octanol–water partition coefficient (Wildman–Crippen LogP) is 0.945. The van der Waals surface area contributed by atoms with Gasteiger partial charge in [0.15, 0.2) is 5.78 Å². The molecule has 0 aliphatic rings. The highest BCUT2D eigenvalue weighted by molar-refractivity contribution is 8.00. The number of sulfonamides is 1. The van der Waals surface area contributed by atoms with Gasteiger partial charge in [0.05, 0.1) is 11.5 Å². The summed E-state index contributed by atoms with van der Waals surface area (Å²) < 4.78 is 26.1. The van der Waals surface area contributed by atoms with E-state index in [1.807, 2.05) is 0 Å². The molecule has 0 fully saturated rings. The molecule has 8 nitrogen and oxygen atoms in total. The van der Waals surface area contributed by atoms with Crippen molar-refractivity contribution in [2.24, 2.45) is 7.05 Å². The third kappa shape index (κ3) is 4.28. The third-order valence-electron chi connectivity index (χ3n) is 2.71. The van der Waals surface area contributed by atoms with E-state index in [1.54, 1.807) is 38.2 Å². The molecule has 0 radical (unpaired) electrons. The molecule has 1 unspecified atom stereocenters. The molecule has 2 aromatic rings. The van der Waals surface area contributed by atoms with E-state index >= 15 is 0 Å². The second-order valence-corrected chi connectivity index (χ2v) is 7.72. The molecule has 0 saturated carbocycles. The summed E-state index contributed by atoms with van der Waals surface area (Å²) >= 11 is 1.26. The SMILES string of the molecule is CC(Sc1nnnn1C)C(=O)c1ccc(NS(C)(=O)=O)cc1. The molecule has 2 rings (SSSR count). The van der Waals surface area contributed by atoms with Crippen molar-refractivity contribution in [2.45, 2.75) is 17.3 Å². The molecule has 10 heteroatoms. The highest BCUT2D eigenvalue weighted by Gasteiger charge is 2.19. The number of hydrogen-bond acceptors (Lipinski definition) is 7. The molecule has 0 amide bonds. The van der Waals surface area contributed by atoms with Crippen LogP contribution in [0.2, 0.25) is 0 Å².